The van der Waals surface area contributed by atoms with Crippen molar-refractivity contribution < 1.29 is 27.9 Å². The molecule has 0 aliphatic heterocycles. The molecule has 0 fully saturated rings. The minimum absolute atomic E-state index is 0.157. The molecular formula is C9H14F3NO3S. The van der Waals surface area contributed by atoms with Crippen molar-refractivity contribution in [3.63, 3.8) is 0 Å². The van der Waals surface area contributed by atoms with Gasteiger partial charge < -0.3 is 10.4 Å². The molecule has 8 heteroatoms. The van der Waals surface area contributed by atoms with E-state index in [-0.39, 0.29) is 6.42 Å². The number of amides is 1. The zero-order valence-electron chi connectivity index (χ0n) is 9.43. The van der Waals surface area contributed by atoms with Gasteiger partial charge in [0, 0.05) is 0 Å². The van der Waals surface area contributed by atoms with E-state index in [0.29, 0.717) is 6.42 Å². The lowest BCUT2D eigenvalue weighted by molar-refractivity contribution is -0.146. The number of carbonyl (C=O) groups excluding carboxylic acids is 1. The van der Waals surface area contributed by atoms with Crippen molar-refractivity contribution in [1.29, 1.82) is 0 Å². The Morgan fingerprint density at radius 1 is 1.35 bits per heavy atom. The van der Waals surface area contributed by atoms with Crippen LogP contribution in [-0.4, -0.2) is 33.8 Å². The van der Waals surface area contributed by atoms with Crippen LogP contribution in [0.2, 0.25) is 0 Å². The molecule has 0 bridgehead atoms. The molecule has 1 amide bonds. The summed E-state index contributed by atoms with van der Waals surface area (Å²) in [6.45, 7) is 2.99. The highest BCUT2D eigenvalue weighted by Gasteiger charge is 2.35. The molecule has 0 aromatic rings. The van der Waals surface area contributed by atoms with Crippen molar-refractivity contribution in [3.8, 4) is 0 Å². The zero-order chi connectivity index (χ0) is 13.7. The lowest BCUT2D eigenvalue weighted by Crippen LogP contribution is -2.52. The second kappa shape index (κ2) is 6.13. The van der Waals surface area contributed by atoms with E-state index in [0.717, 1.165) is 0 Å². The number of aliphatic carboxylic acids is 1. The molecule has 100 valence electrons. The van der Waals surface area contributed by atoms with E-state index in [1.54, 1.807) is 6.92 Å². The molecule has 17 heavy (non-hydrogen) atoms. The molecule has 0 aliphatic rings. The maximum absolute atomic E-state index is 11.8. The van der Waals surface area contributed by atoms with Crippen LogP contribution in [0.1, 0.15) is 26.7 Å². The van der Waals surface area contributed by atoms with Gasteiger partial charge in [-0.2, -0.15) is 13.2 Å². The SMILES string of the molecule is CCCC(C)(NC(=O)CSC(F)(F)F)C(=O)O. The molecule has 0 saturated carbocycles. The van der Waals surface area contributed by atoms with Crippen molar-refractivity contribution in [2.24, 2.45) is 0 Å². The summed E-state index contributed by atoms with van der Waals surface area (Å²) in [5, 5.41) is 11.0. The highest BCUT2D eigenvalue weighted by molar-refractivity contribution is 8.00. The van der Waals surface area contributed by atoms with Gasteiger partial charge in [0.1, 0.15) is 5.54 Å². The summed E-state index contributed by atoms with van der Waals surface area (Å²) in [7, 11) is 0. The van der Waals surface area contributed by atoms with E-state index in [4.69, 9.17) is 5.11 Å². The molecule has 0 saturated heterocycles. The fraction of sp³-hybridized carbons (Fsp3) is 0.778. The summed E-state index contributed by atoms with van der Waals surface area (Å²) >= 11 is -0.493. The quantitative estimate of drug-likeness (QED) is 0.776. The van der Waals surface area contributed by atoms with E-state index < -0.39 is 40.4 Å². The van der Waals surface area contributed by atoms with Crippen molar-refractivity contribution in [3.05, 3.63) is 0 Å². The molecule has 0 heterocycles. The van der Waals surface area contributed by atoms with Crippen molar-refractivity contribution in [2.45, 2.75) is 37.7 Å². The van der Waals surface area contributed by atoms with Gasteiger partial charge in [0.15, 0.2) is 0 Å². The van der Waals surface area contributed by atoms with Crippen LogP contribution in [-0.2, 0) is 9.59 Å². The standard InChI is InChI=1S/C9H14F3NO3S/c1-3-4-8(2,7(15)16)13-6(14)5-17-9(10,11)12/h3-5H2,1-2H3,(H,13,14)(H,15,16). The van der Waals surface area contributed by atoms with E-state index in [2.05, 4.69) is 5.32 Å². The average molecular weight is 273 g/mol. The van der Waals surface area contributed by atoms with Gasteiger partial charge in [-0.1, -0.05) is 13.3 Å². The molecule has 0 spiro atoms. The summed E-state index contributed by atoms with van der Waals surface area (Å²) in [5.74, 6) is -3.04. The number of thioether (sulfide) groups is 1. The molecule has 0 aromatic heterocycles. The number of halogens is 3. The van der Waals surface area contributed by atoms with Gasteiger partial charge in [0.05, 0.1) is 5.75 Å². The smallest absolute Gasteiger partial charge is 0.442 e. The molecular weight excluding hydrogens is 259 g/mol. The first kappa shape index (κ1) is 16.1. The van der Waals surface area contributed by atoms with Crippen LogP contribution in [0.15, 0.2) is 0 Å². The minimum Gasteiger partial charge on any atom is -0.480 e. The Morgan fingerprint density at radius 3 is 2.24 bits per heavy atom. The summed E-state index contributed by atoms with van der Waals surface area (Å²) in [6, 6.07) is 0. The Labute approximate surface area is 101 Å². The van der Waals surface area contributed by atoms with Crippen molar-refractivity contribution in [1.82, 2.24) is 5.32 Å². The molecule has 1 atom stereocenters. The largest absolute Gasteiger partial charge is 0.480 e. The van der Waals surface area contributed by atoms with Crippen molar-refractivity contribution in [2.75, 3.05) is 5.75 Å². The van der Waals surface area contributed by atoms with Gasteiger partial charge in [-0.05, 0) is 25.1 Å². The second-order valence-electron chi connectivity index (χ2n) is 3.67. The van der Waals surface area contributed by atoms with E-state index in [1.807, 2.05) is 0 Å². The molecule has 0 aliphatic carbocycles. The van der Waals surface area contributed by atoms with Gasteiger partial charge in [0.2, 0.25) is 5.91 Å². The van der Waals surface area contributed by atoms with E-state index in [1.165, 1.54) is 6.92 Å². The third kappa shape index (κ3) is 6.40. The predicted molar refractivity (Wildman–Crippen MR) is 57.6 cm³/mol. The van der Waals surface area contributed by atoms with Crippen LogP contribution in [0.4, 0.5) is 13.2 Å². The Balaban J connectivity index is 4.38. The summed E-state index contributed by atoms with van der Waals surface area (Å²) in [5.41, 5.74) is -6.01. The highest BCUT2D eigenvalue weighted by atomic mass is 32.2. The number of nitrogens with one attached hydrogen (secondary N) is 1. The third-order valence-electron chi connectivity index (χ3n) is 2.00. The molecule has 0 aromatic carbocycles. The van der Waals surface area contributed by atoms with Crippen LogP contribution in [0, 0.1) is 0 Å². The van der Waals surface area contributed by atoms with Gasteiger partial charge >= 0.3 is 11.5 Å². The van der Waals surface area contributed by atoms with Gasteiger partial charge in [-0.3, -0.25) is 4.79 Å². The van der Waals surface area contributed by atoms with Gasteiger partial charge in [-0.15, -0.1) is 0 Å². The number of carboxylic acid groups (broad SMARTS) is 1. The summed E-state index contributed by atoms with van der Waals surface area (Å²) in [4.78, 5) is 22.1. The number of carbonyl (C=O) groups is 2. The van der Waals surface area contributed by atoms with Crippen molar-refractivity contribution >= 4 is 23.6 Å². The molecule has 0 rings (SSSR count). The van der Waals surface area contributed by atoms with Crippen LogP contribution in [0.25, 0.3) is 0 Å². The fourth-order valence-corrected chi connectivity index (χ4v) is 1.58. The number of hydrogen-bond donors (Lipinski definition) is 2. The maximum Gasteiger partial charge on any atom is 0.442 e. The van der Waals surface area contributed by atoms with Gasteiger partial charge in [-0.25, -0.2) is 4.79 Å². The molecule has 4 nitrogen and oxygen atoms in total. The third-order valence-corrected chi connectivity index (χ3v) is 2.74. The average Bonchev–Trinajstić information content (AvgIpc) is 2.13. The molecule has 1 unspecified atom stereocenters. The van der Waals surface area contributed by atoms with E-state index >= 15 is 0 Å². The summed E-state index contributed by atoms with van der Waals surface area (Å²) < 4.78 is 35.5. The monoisotopic (exact) mass is 273 g/mol. The first-order valence-corrected chi connectivity index (χ1v) is 5.84. The number of carboxylic acids is 1. The maximum atomic E-state index is 11.8. The fourth-order valence-electron chi connectivity index (χ4n) is 1.21. The lowest BCUT2D eigenvalue weighted by Gasteiger charge is -2.25. The van der Waals surface area contributed by atoms with Crippen LogP contribution in [0.5, 0.6) is 0 Å². The van der Waals surface area contributed by atoms with E-state index in [9.17, 15) is 22.8 Å². The van der Waals surface area contributed by atoms with Gasteiger partial charge in [0.25, 0.3) is 0 Å². The Hall–Kier alpha value is -0.920. The van der Waals surface area contributed by atoms with Crippen LogP contribution in [0.3, 0.4) is 0 Å². The normalized spacial score (nSPS) is 15.1. The first-order valence-electron chi connectivity index (χ1n) is 4.86. The predicted octanol–water partition coefficient (Wildman–Crippen LogP) is 2.00. The topological polar surface area (TPSA) is 66.4 Å². The number of rotatable bonds is 6. The first-order chi connectivity index (χ1) is 7.60. The minimum atomic E-state index is -4.50. The number of hydrogen-bond acceptors (Lipinski definition) is 3. The summed E-state index contributed by atoms with van der Waals surface area (Å²) in [6.07, 6.45) is 0.653. The van der Waals surface area contributed by atoms with Crippen LogP contribution < -0.4 is 5.32 Å². The van der Waals surface area contributed by atoms with Crippen LogP contribution >= 0.6 is 11.8 Å². The second-order valence-corrected chi connectivity index (χ2v) is 4.71. The molecule has 2 N–H and O–H groups in total. The highest BCUT2D eigenvalue weighted by Crippen LogP contribution is 2.29. The Morgan fingerprint density at radius 2 is 1.88 bits per heavy atom. The molecule has 0 radical (unpaired) electrons. The Kier molecular flexibility index (Phi) is 5.80. The zero-order valence-corrected chi connectivity index (χ0v) is 10.2. The Bertz CT molecular complexity index is 296. The lowest BCUT2D eigenvalue weighted by atomic mass is 9.96. The number of alkyl halides is 3.